The molecule has 0 saturated heterocycles. The van der Waals surface area contributed by atoms with Crippen LogP contribution in [0.4, 0.5) is 0 Å². The molecule has 4 heteroatoms. The summed E-state index contributed by atoms with van der Waals surface area (Å²) in [4.78, 5) is 12.0. The zero-order valence-electron chi connectivity index (χ0n) is 9.11. The lowest BCUT2D eigenvalue weighted by molar-refractivity contribution is 0.563. The van der Waals surface area contributed by atoms with Crippen LogP contribution in [0.25, 0.3) is 11.0 Å². The van der Waals surface area contributed by atoms with Gasteiger partial charge in [-0.2, -0.15) is 0 Å². The van der Waals surface area contributed by atoms with Gasteiger partial charge in [-0.05, 0) is 37.8 Å². The van der Waals surface area contributed by atoms with Crippen LogP contribution >= 0.6 is 23.2 Å². The minimum atomic E-state index is -0.156. The van der Waals surface area contributed by atoms with Crippen molar-refractivity contribution < 1.29 is 4.42 Å². The van der Waals surface area contributed by atoms with Gasteiger partial charge in [-0.3, -0.25) is 4.79 Å². The number of fused-ring (bicyclic) bond motifs is 1. The molecule has 1 saturated carbocycles. The van der Waals surface area contributed by atoms with Crippen molar-refractivity contribution in [3.8, 4) is 0 Å². The number of hydrogen-bond acceptors (Lipinski definition) is 2. The van der Waals surface area contributed by atoms with Crippen molar-refractivity contribution in [1.29, 1.82) is 0 Å². The first-order valence-corrected chi connectivity index (χ1v) is 6.06. The van der Waals surface area contributed by atoms with Gasteiger partial charge in [0.15, 0.2) is 11.0 Å². The maximum atomic E-state index is 12.0. The molecule has 1 heterocycles. The Balaban J connectivity index is 2.23. The standard InChI is InChI=1S/C14H7Cl2O2/c15-9-5-10-12(17)7-13(8-3-1-2-4-8)18-14(10)11(16)6-9/h1-7H. The molecule has 2 aromatic rings. The van der Waals surface area contributed by atoms with Crippen molar-refractivity contribution in [2.75, 3.05) is 0 Å². The molecule has 0 N–H and O–H groups in total. The van der Waals surface area contributed by atoms with Crippen molar-refractivity contribution in [2.45, 2.75) is 0 Å². The smallest absolute Gasteiger partial charge is 0.193 e. The van der Waals surface area contributed by atoms with Gasteiger partial charge in [0.1, 0.15) is 5.76 Å². The van der Waals surface area contributed by atoms with Gasteiger partial charge >= 0.3 is 0 Å². The molecule has 0 bridgehead atoms. The van der Waals surface area contributed by atoms with E-state index in [2.05, 4.69) is 0 Å². The first-order chi connectivity index (χ1) is 8.65. The van der Waals surface area contributed by atoms with E-state index >= 15 is 0 Å². The maximum absolute atomic E-state index is 12.0. The topological polar surface area (TPSA) is 30.2 Å². The number of hydrogen-bond donors (Lipinski definition) is 0. The van der Waals surface area contributed by atoms with Crippen LogP contribution in [0.15, 0.2) is 27.4 Å². The highest BCUT2D eigenvalue weighted by Gasteiger charge is 2.23. The molecule has 5 radical (unpaired) electrons. The fourth-order valence-electron chi connectivity index (χ4n) is 1.86. The Hall–Kier alpha value is -0.990. The van der Waals surface area contributed by atoms with Gasteiger partial charge < -0.3 is 4.42 Å². The monoisotopic (exact) mass is 277 g/mol. The van der Waals surface area contributed by atoms with Gasteiger partial charge in [0.05, 0.1) is 10.4 Å². The molecule has 89 valence electrons. The summed E-state index contributed by atoms with van der Waals surface area (Å²) in [7, 11) is 0. The molecule has 0 aliphatic heterocycles. The first-order valence-electron chi connectivity index (χ1n) is 5.30. The van der Waals surface area contributed by atoms with Gasteiger partial charge in [0.2, 0.25) is 0 Å². The predicted molar refractivity (Wildman–Crippen MR) is 72.0 cm³/mol. The Morgan fingerprint density at radius 3 is 2.44 bits per heavy atom. The van der Waals surface area contributed by atoms with Crippen molar-refractivity contribution in [3.05, 3.63) is 75.8 Å². The molecule has 1 aliphatic rings. The van der Waals surface area contributed by atoms with E-state index in [0.717, 1.165) is 5.92 Å². The molecular formula is C14H7Cl2O2. The molecule has 1 aromatic heterocycles. The highest BCUT2D eigenvalue weighted by Crippen LogP contribution is 2.33. The lowest BCUT2D eigenvalue weighted by Gasteiger charge is -2.08. The van der Waals surface area contributed by atoms with Gasteiger partial charge in [-0.25, -0.2) is 0 Å². The summed E-state index contributed by atoms with van der Waals surface area (Å²) in [5.41, 5.74) is 0.210. The van der Waals surface area contributed by atoms with E-state index in [1.807, 2.05) is 25.7 Å². The molecule has 0 atom stereocenters. The summed E-state index contributed by atoms with van der Waals surface area (Å²) >= 11 is 11.9. The average molecular weight is 278 g/mol. The summed E-state index contributed by atoms with van der Waals surface area (Å²) < 4.78 is 5.68. The summed E-state index contributed by atoms with van der Waals surface area (Å²) in [6, 6.07) is 4.57. The fraction of sp³-hybridized carbons (Fsp3) is 0. The SMILES string of the molecule is O=c1cc([C]2[CH][CH][CH][CH]2)oc2c(Cl)cc(Cl)cc12. The van der Waals surface area contributed by atoms with E-state index in [1.165, 1.54) is 6.07 Å². The quantitative estimate of drug-likeness (QED) is 0.793. The minimum Gasteiger partial charge on any atom is -0.459 e. The molecule has 0 amide bonds. The molecule has 18 heavy (non-hydrogen) atoms. The Morgan fingerprint density at radius 2 is 1.72 bits per heavy atom. The molecule has 0 spiro atoms. The highest BCUT2D eigenvalue weighted by molar-refractivity contribution is 6.38. The summed E-state index contributed by atoms with van der Waals surface area (Å²) in [6.45, 7) is 0. The Labute approximate surface area is 115 Å². The third-order valence-corrected chi connectivity index (χ3v) is 3.19. The van der Waals surface area contributed by atoms with Gasteiger partial charge in [0, 0.05) is 17.0 Å². The zero-order chi connectivity index (χ0) is 12.7. The van der Waals surface area contributed by atoms with Crippen LogP contribution in [0.1, 0.15) is 5.76 Å². The minimum absolute atomic E-state index is 0.156. The van der Waals surface area contributed by atoms with E-state index in [9.17, 15) is 4.79 Å². The number of benzene rings is 1. The molecule has 1 aliphatic carbocycles. The predicted octanol–water partition coefficient (Wildman–Crippen LogP) is 3.85. The van der Waals surface area contributed by atoms with E-state index < -0.39 is 0 Å². The zero-order valence-corrected chi connectivity index (χ0v) is 10.6. The third kappa shape index (κ3) is 2.04. The summed E-state index contributed by atoms with van der Waals surface area (Å²) in [5.74, 6) is 1.35. The van der Waals surface area contributed by atoms with Gasteiger partial charge in [0.25, 0.3) is 0 Å². The van der Waals surface area contributed by atoms with E-state index in [0.29, 0.717) is 26.8 Å². The normalized spacial score (nSPS) is 16.6. The van der Waals surface area contributed by atoms with Crippen LogP contribution in [0.5, 0.6) is 0 Å². The second kappa shape index (κ2) is 4.60. The largest absolute Gasteiger partial charge is 0.459 e. The number of rotatable bonds is 1. The van der Waals surface area contributed by atoms with Crippen LogP contribution in [0.3, 0.4) is 0 Å². The molecule has 1 aromatic carbocycles. The van der Waals surface area contributed by atoms with Crippen molar-refractivity contribution in [1.82, 2.24) is 0 Å². The van der Waals surface area contributed by atoms with Crippen LogP contribution < -0.4 is 5.43 Å². The Morgan fingerprint density at radius 1 is 1.00 bits per heavy atom. The van der Waals surface area contributed by atoms with Crippen molar-refractivity contribution in [3.63, 3.8) is 0 Å². The molecule has 1 fully saturated rings. The van der Waals surface area contributed by atoms with E-state index in [-0.39, 0.29) is 5.43 Å². The first kappa shape index (κ1) is 12.1. The Kier molecular flexibility index (Phi) is 3.08. The highest BCUT2D eigenvalue weighted by atomic mass is 35.5. The number of halogens is 2. The molecule has 3 rings (SSSR count). The third-order valence-electron chi connectivity index (χ3n) is 2.70. The van der Waals surface area contributed by atoms with Crippen LogP contribution in [0.2, 0.25) is 10.0 Å². The second-order valence-corrected chi connectivity index (χ2v) is 4.76. The summed E-state index contributed by atoms with van der Waals surface area (Å²) in [6.07, 6.45) is 7.49. The van der Waals surface area contributed by atoms with Crippen LogP contribution in [-0.4, -0.2) is 0 Å². The van der Waals surface area contributed by atoms with Crippen LogP contribution in [-0.2, 0) is 0 Å². The maximum Gasteiger partial charge on any atom is 0.193 e. The molecule has 0 unspecified atom stereocenters. The molecule has 2 nitrogen and oxygen atoms in total. The van der Waals surface area contributed by atoms with E-state index in [4.69, 9.17) is 27.6 Å². The Bertz CT molecular complexity index is 655. The lowest BCUT2D eigenvalue weighted by atomic mass is 10.0. The van der Waals surface area contributed by atoms with E-state index in [1.54, 1.807) is 12.1 Å². The fourth-order valence-corrected chi connectivity index (χ4v) is 2.40. The lowest BCUT2D eigenvalue weighted by Crippen LogP contribution is -2.05. The van der Waals surface area contributed by atoms with Crippen molar-refractivity contribution >= 4 is 34.2 Å². The van der Waals surface area contributed by atoms with Crippen molar-refractivity contribution in [2.24, 2.45) is 0 Å². The van der Waals surface area contributed by atoms with Gasteiger partial charge in [-0.1, -0.05) is 23.2 Å². The van der Waals surface area contributed by atoms with Crippen LogP contribution in [0, 0.1) is 31.6 Å². The summed E-state index contributed by atoms with van der Waals surface area (Å²) in [5, 5.41) is 1.15. The molecular weight excluding hydrogens is 271 g/mol. The average Bonchev–Trinajstić information content (AvgIpc) is 2.83. The van der Waals surface area contributed by atoms with Gasteiger partial charge in [-0.15, -0.1) is 0 Å². The second-order valence-electron chi connectivity index (χ2n) is 3.91.